The maximum absolute atomic E-state index is 11.2. The molecular formula is C8H10N2O2. The van der Waals surface area contributed by atoms with Gasteiger partial charge < -0.3 is 9.80 Å². The lowest BCUT2D eigenvalue weighted by Crippen LogP contribution is -2.52. The Hall–Kier alpha value is -1.50. The van der Waals surface area contributed by atoms with E-state index >= 15 is 0 Å². The lowest BCUT2D eigenvalue weighted by molar-refractivity contribution is -0.148. The van der Waals surface area contributed by atoms with Gasteiger partial charge in [-0.15, -0.1) is 6.42 Å². The molecule has 0 aromatic rings. The van der Waals surface area contributed by atoms with Crippen molar-refractivity contribution in [2.45, 2.75) is 0 Å². The van der Waals surface area contributed by atoms with Crippen molar-refractivity contribution in [2.24, 2.45) is 0 Å². The molecule has 0 aromatic heterocycles. The second-order valence-corrected chi connectivity index (χ2v) is 2.70. The van der Waals surface area contributed by atoms with Gasteiger partial charge in [0.2, 0.25) is 11.8 Å². The van der Waals surface area contributed by atoms with Crippen molar-refractivity contribution in [3.8, 4) is 12.3 Å². The Bertz CT molecular complexity index is 254. The van der Waals surface area contributed by atoms with Crippen molar-refractivity contribution in [3.05, 3.63) is 0 Å². The summed E-state index contributed by atoms with van der Waals surface area (Å²) in [6, 6.07) is 0. The van der Waals surface area contributed by atoms with Gasteiger partial charge in [0.1, 0.15) is 6.54 Å². The lowest BCUT2D eigenvalue weighted by Gasteiger charge is -2.30. The minimum atomic E-state index is -0.0879. The summed E-state index contributed by atoms with van der Waals surface area (Å²) in [5, 5.41) is 0. The molecule has 1 fully saturated rings. The highest BCUT2D eigenvalue weighted by Gasteiger charge is 2.26. The van der Waals surface area contributed by atoms with Gasteiger partial charge in [0.15, 0.2) is 0 Å². The first-order valence-corrected chi connectivity index (χ1v) is 3.60. The molecule has 64 valence electrons. The van der Waals surface area contributed by atoms with Crippen LogP contribution in [0.15, 0.2) is 0 Å². The Morgan fingerprint density at radius 3 is 2.67 bits per heavy atom. The Kier molecular flexibility index (Phi) is 2.34. The number of hydrogen-bond acceptors (Lipinski definition) is 2. The second-order valence-electron chi connectivity index (χ2n) is 2.70. The molecule has 0 radical (unpaired) electrons. The average molecular weight is 166 g/mol. The van der Waals surface area contributed by atoms with Crippen LogP contribution >= 0.6 is 0 Å². The van der Waals surface area contributed by atoms with E-state index in [-0.39, 0.29) is 31.4 Å². The zero-order valence-electron chi connectivity index (χ0n) is 6.91. The van der Waals surface area contributed by atoms with Crippen LogP contribution in [0.2, 0.25) is 0 Å². The predicted octanol–water partition coefficient (Wildman–Crippen LogP) is -1.08. The van der Waals surface area contributed by atoms with Crippen molar-refractivity contribution in [3.63, 3.8) is 0 Å². The summed E-state index contributed by atoms with van der Waals surface area (Å²) in [6.07, 6.45) is 5.03. The van der Waals surface area contributed by atoms with E-state index in [1.165, 1.54) is 9.80 Å². The summed E-state index contributed by atoms with van der Waals surface area (Å²) in [7, 11) is 1.60. The van der Waals surface area contributed by atoms with Crippen LogP contribution in [0.3, 0.4) is 0 Å². The molecule has 1 heterocycles. The van der Waals surface area contributed by atoms with Crippen LogP contribution in [0.5, 0.6) is 0 Å². The monoisotopic (exact) mass is 166 g/mol. The highest BCUT2D eigenvalue weighted by atomic mass is 16.2. The van der Waals surface area contributed by atoms with Crippen LogP contribution in [-0.4, -0.2) is 48.3 Å². The van der Waals surface area contributed by atoms with Gasteiger partial charge in [-0.3, -0.25) is 9.59 Å². The summed E-state index contributed by atoms with van der Waals surface area (Å²) in [5.41, 5.74) is 0. The van der Waals surface area contributed by atoms with E-state index in [9.17, 15) is 9.59 Å². The molecule has 0 bridgehead atoms. The molecule has 0 N–H and O–H groups in total. The Balaban J connectivity index is 2.63. The molecular weight excluding hydrogens is 156 g/mol. The van der Waals surface area contributed by atoms with E-state index < -0.39 is 0 Å². The van der Waals surface area contributed by atoms with E-state index in [0.29, 0.717) is 0 Å². The van der Waals surface area contributed by atoms with E-state index in [4.69, 9.17) is 6.42 Å². The second kappa shape index (κ2) is 3.26. The maximum atomic E-state index is 11.2. The van der Waals surface area contributed by atoms with Gasteiger partial charge in [-0.25, -0.2) is 0 Å². The van der Waals surface area contributed by atoms with Gasteiger partial charge in [-0.05, 0) is 0 Å². The molecule has 2 amide bonds. The van der Waals surface area contributed by atoms with Crippen LogP contribution in [0.4, 0.5) is 0 Å². The molecule has 4 heteroatoms. The zero-order chi connectivity index (χ0) is 9.14. The zero-order valence-corrected chi connectivity index (χ0v) is 6.91. The Morgan fingerprint density at radius 1 is 1.42 bits per heavy atom. The summed E-state index contributed by atoms with van der Waals surface area (Å²) >= 11 is 0. The van der Waals surface area contributed by atoms with E-state index in [2.05, 4.69) is 5.92 Å². The SMILES string of the molecule is C#CCN1CC(=O)N(C)CC1=O. The highest BCUT2D eigenvalue weighted by molar-refractivity contribution is 5.92. The fraction of sp³-hybridized carbons (Fsp3) is 0.500. The molecule has 0 saturated carbocycles. The first kappa shape index (κ1) is 8.60. The van der Waals surface area contributed by atoms with Crippen molar-refractivity contribution >= 4 is 11.8 Å². The van der Waals surface area contributed by atoms with Gasteiger partial charge >= 0.3 is 0 Å². The predicted molar refractivity (Wildman–Crippen MR) is 43.1 cm³/mol. The third-order valence-electron chi connectivity index (χ3n) is 1.76. The lowest BCUT2D eigenvalue weighted by atomic mass is 10.3. The fourth-order valence-corrected chi connectivity index (χ4v) is 1.02. The number of carbonyl (C=O) groups is 2. The minimum Gasteiger partial charge on any atom is -0.335 e. The van der Waals surface area contributed by atoms with Gasteiger partial charge in [0.05, 0.1) is 13.1 Å². The van der Waals surface area contributed by atoms with Crippen molar-refractivity contribution < 1.29 is 9.59 Å². The fourth-order valence-electron chi connectivity index (χ4n) is 1.02. The number of terminal acetylenes is 1. The molecule has 0 atom stereocenters. The van der Waals surface area contributed by atoms with Crippen molar-refractivity contribution in [1.82, 2.24) is 9.80 Å². The topological polar surface area (TPSA) is 40.6 Å². The molecule has 12 heavy (non-hydrogen) atoms. The number of amides is 2. The quantitative estimate of drug-likeness (QED) is 0.465. The van der Waals surface area contributed by atoms with E-state index in [1.807, 2.05) is 0 Å². The molecule has 0 aromatic carbocycles. The molecule has 1 saturated heterocycles. The van der Waals surface area contributed by atoms with Crippen molar-refractivity contribution in [1.29, 1.82) is 0 Å². The summed E-state index contributed by atoms with van der Waals surface area (Å²) < 4.78 is 0. The molecule has 0 spiro atoms. The third kappa shape index (κ3) is 1.56. The molecule has 0 aliphatic carbocycles. The molecule has 1 aliphatic rings. The van der Waals surface area contributed by atoms with Crippen LogP contribution in [0, 0.1) is 12.3 Å². The van der Waals surface area contributed by atoms with Crippen LogP contribution < -0.4 is 0 Å². The average Bonchev–Trinajstić information content (AvgIpc) is 2.01. The minimum absolute atomic E-state index is 0.0650. The Labute approximate surface area is 71.1 Å². The number of hydrogen-bond donors (Lipinski definition) is 0. The maximum Gasteiger partial charge on any atom is 0.243 e. The largest absolute Gasteiger partial charge is 0.335 e. The molecule has 0 unspecified atom stereocenters. The number of carbonyl (C=O) groups excluding carboxylic acids is 2. The van der Waals surface area contributed by atoms with Crippen LogP contribution in [0.1, 0.15) is 0 Å². The molecule has 4 nitrogen and oxygen atoms in total. The molecule has 1 rings (SSSR count). The number of likely N-dealkylation sites (N-methyl/N-ethyl adjacent to an activating group) is 1. The van der Waals surface area contributed by atoms with E-state index in [1.54, 1.807) is 7.05 Å². The third-order valence-corrected chi connectivity index (χ3v) is 1.76. The highest BCUT2D eigenvalue weighted by Crippen LogP contribution is 2.01. The Morgan fingerprint density at radius 2 is 2.08 bits per heavy atom. The summed E-state index contributed by atoms with van der Waals surface area (Å²) in [5.74, 6) is 2.18. The van der Waals surface area contributed by atoms with E-state index in [0.717, 1.165) is 0 Å². The summed E-state index contributed by atoms with van der Waals surface area (Å²) in [4.78, 5) is 25.0. The normalized spacial score (nSPS) is 18.0. The number of nitrogens with zero attached hydrogens (tertiary/aromatic N) is 2. The van der Waals surface area contributed by atoms with Crippen LogP contribution in [0.25, 0.3) is 0 Å². The van der Waals surface area contributed by atoms with Gasteiger partial charge in [0.25, 0.3) is 0 Å². The first-order valence-electron chi connectivity index (χ1n) is 3.60. The van der Waals surface area contributed by atoms with Crippen LogP contribution in [-0.2, 0) is 9.59 Å². The van der Waals surface area contributed by atoms with Gasteiger partial charge in [0, 0.05) is 7.05 Å². The van der Waals surface area contributed by atoms with Gasteiger partial charge in [-0.1, -0.05) is 5.92 Å². The molecule has 1 aliphatic heterocycles. The van der Waals surface area contributed by atoms with Crippen molar-refractivity contribution in [2.75, 3.05) is 26.7 Å². The smallest absolute Gasteiger partial charge is 0.243 e. The first-order chi connectivity index (χ1) is 5.65. The summed E-state index contributed by atoms with van der Waals surface area (Å²) in [6.45, 7) is 0.471. The number of rotatable bonds is 1. The standard InChI is InChI=1S/C8H10N2O2/c1-3-4-10-6-7(11)9(2)5-8(10)12/h1H,4-6H2,2H3. The number of piperazine rings is 1. The van der Waals surface area contributed by atoms with Gasteiger partial charge in [-0.2, -0.15) is 0 Å².